The largest absolute Gasteiger partial charge is 0.391 e. The van der Waals surface area contributed by atoms with E-state index in [0.717, 1.165) is 25.8 Å². The van der Waals surface area contributed by atoms with Gasteiger partial charge in [0.05, 0.1) is 0 Å². The molecular formula is C9H17NO. The first-order valence-corrected chi connectivity index (χ1v) is 4.17. The summed E-state index contributed by atoms with van der Waals surface area (Å²) in [4.78, 5) is 11.0. The van der Waals surface area contributed by atoms with Gasteiger partial charge in [0.25, 0.3) is 0 Å². The number of nitrogens with one attached hydrogen (secondary N) is 1. The Bertz CT molecular complexity index is 121. The van der Waals surface area contributed by atoms with Crippen LogP contribution in [-0.2, 0) is 4.79 Å². The van der Waals surface area contributed by atoms with E-state index in [0.29, 0.717) is 12.2 Å². The van der Waals surface area contributed by atoms with Gasteiger partial charge in [0.2, 0.25) is 0 Å². The van der Waals surface area contributed by atoms with Crippen LogP contribution in [0.3, 0.4) is 0 Å². The quantitative estimate of drug-likeness (QED) is 0.569. The zero-order valence-electron chi connectivity index (χ0n) is 7.23. The molecule has 0 aliphatic carbocycles. The zero-order chi connectivity index (χ0) is 8.53. The lowest BCUT2D eigenvalue weighted by atomic mass is 10.1. The topological polar surface area (TPSA) is 29.1 Å². The van der Waals surface area contributed by atoms with Gasteiger partial charge in [-0.2, -0.15) is 0 Å². The standard InChI is InChI=1S/C9H17NO/c1-3-6-9(11)7-5-8-10-4-2/h4,10H,2-3,5-8H2,1H3. The first kappa shape index (κ1) is 10.2. The number of ketones is 1. The summed E-state index contributed by atoms with van der Waals surface area (Å²) in [7, 11) is 0. The van der Waals surface area contributed by atoms with Crippen LogP contribution >= 0.6 is 0 Å². The molecule has 64 valence electrons. The van der Waals surface area contributed by atoms with Crippen molar-refractivity contribution >= 4 is 5.78 Å². The minimum Gasteiger partial charge on any atom is -0.391 e. The highest BCUT2D eigenvalue weighted by molar-refractivity contribution is 5.78. The van der Waals surface area contributed by atoms with Crippen molar-refractivity contribution < 1.29 is 4.79 Å². The first-order chi connectivity index (χ1) is 5.31. The molecule has 0 bridgehead atoms. The molecule has 0 aromatic rings. The van der Waals surface area contributed by atoms with Crippen LogP contribution < -0.4 is 5.32 Å². The van der Waals surface area contributed by atoms with Crippen molar-refractivity contribution in [3.8, 4) is 0 Å². The van der Waals surface area contributed by atoms with Crippen LogP contribution in [-0.4, -0.2) is 12.3 Å². The lowest BCUT2D eigenvalue weighted by Crippen LogP contribution is -2.08. The third kappa shape index (κ3) is 7.10. The fourth-order valence-electron chi connectivity index (χ4n) is 0.894. The van der Waals surface area contributed by atoms with Gasteiger partial charge >= 0.3 is 0 Å². The highest BCUT2D eigenvalue weighted by atomic mass is 16.1. The van der Waals surface area contributed by atoms with E-state index in [1.165, 1.54) is 0 Å². The molecule has 11 heavy (non-hydrogen) atoms. The highest BCUT2D eigenvalue weighted by Gasteiger charge is 1.97. The van der Waals surface area contributed by atoms with E-state index in [1.54, 1.807) is 6.20 Å². The average Bonchev–Trinajstić information content (AvgIpc) is 1.99. The normalized spacial score (nSPS) is 9.18. The van der Waals surface area contributed by atoms with Gasteiger partial charge in [-0.25, -0.2) is 0 Å². The van der Waals surface area contributed by atoms with Gasteiger partial charge in [0.15, 0.2) is 0 Å². The van der Waals surface area contributed by atoms with Crippen molar-refractivity contribution in [3.05, 3.63) is 12.8 Å². The second kappa shape index (κ2) is 7.32. The molecule has 2 heteroatoms. The SMILES string of the molecule is C=CNCCCC(=O)CCC. The summed E-state index contributed by atoms with van der Waals surface area (Å²) in [6.45, 7) is 6.41. The van der Waals surface area contributed by atoms with Gasteiger partial charge in [-0.3, -0.25) is 4.79 Å². The van der Waals surface area contributed by atoms with E-state index in [-0.39, 0.29) is 0 Å². The molecule has 0 fully saturated rings. The second-order valence-electron chi connectivity index (χ2n) is 2.55. The molecule has 0 aromatic heterocycles. The van der Waals surface area contributed by atoms with Crippen LogP contribution in [0.15, 0.2) is 12.8 Å². The van der Waals surface area contributed by atoms with Crippen molar-refractivity contribution in [3.63, 3.8) is 0 Å². The third-order valence-electron chi connectivity index (χ3n) is 1.45. The Hall–Kier alpha value is -0.790. The molecule has 0 aliphatic heterocycles. The molecule has 1 N–H and O–H groups in total. The third-order valence-corrected chi connectivity index (χ3v) is 1.45. The van der Waals surface area contributed by atoms with E-state index < -0.39 is 0 Å². The summed E-state index contributed by atoms with van der Waals surface area (Å²) >= 11 is 0. The van der Waals surface area contributed by atoms with Gasteiger partial charge in [-0.1, -0.05) is 13.5 Å². The smallest absolute Gasteiger partial charge is 0.132 e. The van der Waals surface area contributed by atoms with Gasteiger partial charge in [0.1, 0.15) is 5.78 Å². The molecule has 0 heterocycles. The van der Waals surface area contributed by atoms with Crippen LogP contribution in [0.5, 0.6) is 0 Å². The number of hydrogen-bond donors (Lipinski definition) is 1. The van der Waals surface area contributed by atoms with Gasteiger partial charge in [-0.15, -0.1) is 0 Å². The van der Waals surface area contributed by atoms with Gasteiger partial charge in [-0.05, 0) is 19.0 Å². The number of rotatable bonds is 7. The molecule has 0 aliphatic rings. The van der Waals surface area contributed by atoms with Gasteiger partial charge < -0.3 is 5.32 Å². The van der Waals surface area contributed by atoms with E-state index in [2.05, 4.69) is 11.9 Å². The molecule has 0 radical (unpaired) electrons. The molecule has 0 saturated heterocycles. The predicted molar refractivity (Wildman–Crippen MR) is 47.3 cm³/mol. The summed E-state index contributed by atoms with van der Waals surface area (Å²) in [5, 5.41) is 2.96. The van der Waals surface area contributed by atoms with E-state index in [4.69, 9.17) is 0 Å². The fourth-order valence-corrected chi connectivity index (χ4v) is 0.894. The number of Topliss-reactive ketones (excluding diaryl/α,β-unsaturated/α-hetero) is 1. The molecular weight excluding hydrogens is 138 g/mol. The van der Waals surface area contributed by atoms with Crippen LogP contribution in [0.4, 0.5) is 0 Å². The summed E-state index contributed by atoms with van der Waals surface area (Å²) < 4.78 is 0. The number of carbonyl (C=O) groups is 1. The van der Waals surface area contributed by atoms with E-state index >= 15 is 0 Å². The van der Waals surface area contributed by atoms with Crippen molar-refractivity contribution in [1.82, 2.24) is 5.32 Å². The molecule has 0 aromatic carbocycles. The summed E-state index contributed by atoms with van der Waals surface area (Å²) in [6, 6.07) is 0. The summed E-state index contributed by atoms with van der Waals surface area (Å²) in [6.07, 6.45) is 4.98. The second-order valence-corrected chi connectivity index (χ2v) is 2.55. The van der Waals surface area contributed by atoms with Crippen LogP contribution in [0, 0.1) is 0 Å². The number of hydrogen-bond acceptors (Lipinski definition) is 2. The summed E-state index contributed by atoms with van der Waals surface area (Å²) in [5.74, 6) is 0.373. The monoisotopic (exact) mass is 155 g/mol. The Labute approximate surface area is 68.7 Å². The Balaban J connectivity index is 3.10. The fraction of sp³-hybridized carbons (Fsp3) is 0.667. The maximum atomic E-state index is 11.0. The molecule has 0 unspecified atom stereocenters. The lowest BCUT2D eigenvalue weighted by molar-refractivity contribution is -0.119. The van der Waals surface area contributed by atoms with Crippen molar-refractivity contribution in [2.45, 2.75) is 32.6 Å². The summed E-state index contributed by atoms with van der Waals surface area (Å²) in [5.41, 5.74) is 0. The van der Waals surface area contributed by atoms with Gasteiger partial charge in [0, 0.05) is 19.4 Å². The van der Waals surface area contributed by atoms with Crippen LogP contribution in [0.1, 0.15) is 32.6 Å². The maximum absolute atomic E-state index is 11.0. The minimum atomic E-state index is 0.373. The molecule has 0 saturated carbocycles. The maximum Gasteiger partial charge on any atom is 0.132 e. The molecule has 0 amide bonds. The van der Waals surface area contributed by atoms with Crippen molar-refractivity contribution in [1.29, 1.82) is 0 Å². The van der Waals surface area contributed by atoms with Crippen molar-refractivity contribution in [2.75, 3.05) is 6.54 Å². The Morgan fingerprint density at radius 3 is 2.82 bits per heavy atom. The first-order valence-electron chi connectivity index (χ1n) is 4.17. The van der Waals surface area contributed by atoms with E-state index in [9.17, 15) is 4.79 Å². The van der Waals surface area contributed by atoms with E-state index in [1.807, 2.05) is 6.92 Å². The average molecular weight is 155 g/mol. The Morgan fingerprint density at radius 1 is 1.55 bits per heavy atom. The van der Waals surface area contributed by atoms with Crippen LogP contribution in [0.2, 0.25) is 0 Å². The van der Waals surface area contributed by atoms with Crippen molar-refractivity contribution in [2.24, 2.45) is 0 Å². The zero-order valence-corrected chi connectivity index (χ0v) is 7.23. The lowest BCUT2D eigenvalue weighted by Gasteiger charge is -1.98. The van der Waals surface area contributed by atoms with Crippen LogP contribution in [0.25, 0.3) is 0 Å². The highest BCUT2D eigenvalue weighted by Crippen LogP contribution is 1.96. The molecule has 2 nitrogen and oxygen atoms in total. The minimum absolute atomic E-state index is 0.373. The predicted octanol–water partition coefficient (Wildman–Crippen LogP) is 1.87. The Morgan fingerprint density at radius 2 is 2.27 bits per heavy atom. The molecule has 0 spiro atoms. The molecule has 0 rings (SSSR count). The Kier molecular flexibility index (Phi) is 6.79. The number of carbonyl (C=O) groups excluding carboxylic acids is 1. The molecule has 0 atom stereocenters.